The van der Waals surface area contributed by atoms with E-state index in [1.807, 2.05) is 24.3 Å². The number of amides is 1. The van der Waals surface area contributed by atoms with Gasteiger partial charge in [0.05, 0.1) is 17.9 Å². The highest BCUT2D eigenvalue weighted by molar-refractivity contribution is 8.00. The quantitative estimate of drug-likeness (QED) is 0.732. The predicted octanol–water partition coefficient (Wildman–Crippen LogP) is 1.25. The molecule has 0 radical (unpaired) electrons. The number of carbonyl (C=O) groups is 1. The molecule has 0 aliphatic carbocycles. The van der Waals surface area contributed by atoms with Crippen LogP contribution in [0.2, 0.25) is 0 Å². The number of carbonyl (C=O) groups excluding carboxylic acids is 1. The lowest BCUT2D eigenvalue weighted by Crippen LogP contribution is -2.31. The van der Waals surface area contributed by atoms with E-state index in [0.717, 1.165) is 10.5 Å². The summed E-state index contributed by atoms with van der Waals surface area (Å²) in [4.78, 5) is 11.6. The lowest BCUT2D eigenvalue weighted by molar-refractivity contribution is -0.115. The number of thioether (sulfide) groups is 1. The van der Waals surface area contributed by atoms with E-state index in [2.05, 4.69) is 0 Å². The summed E-state index contributed by atoms with van der Waals surface area (Å²) in [5, 5.41) is 0. The molecule has 1 aromatic rings. The fraction of sp³-hybridized carbons (Fsp3) is 0.417. The number of nitrogens with two attached hydrogens (primary N) is 2. The Bertz CT molecular complexity index is 386. The number of ether oxygens (including phenoxy) is 1. The summed E-state index contributed by atoms with van der Waals surface area (Å²) < 4.78 is 17.7. The minimum atomic E-state index is -0.681. The zero-order valence-electron chi connectivity index (χ0n) is 10.1. The van der Waals surface area contributed by atoms with Crippen LogP contribution < -0.4 is 11.5 Å². The second-order valence-electron chi connectivity index (χ2n) is 3.80. The van der Waals surface area contributed by atoms with Gasteiger partial charge in [0.1, 0.15) is 6.67 Å². The van der Waals surface area contributed by atoms with Gasteiger partial charge in [-0.25, -0.2) is 4.39 Å². The molecule has 0 saturated heterocycles. The molecule has 1 aromatic carbocycles. The Labute approximate surface area is 110 Å². The van der Waals surface area contributed by atoms with E-state index in [0.29, 0.717) is 0 Å². The lowest BCUT2D eigenvalue weighted by atomic mass is 10.0. The van der Waals surface area contributed by atoms with Crippen molar-refractivity contribution in [2.75, 3.05) is 19.5 Å². The first kappa shape index (κ1) is 14.9. The van der Waals surface area contributed by atoms with Gasteiger partial charge >= 0.3 is 0 Å². The lowest BCUT2D eigenvalue weighted by Gasteiger charge is -2.20. The molecule has 0 heterocycles. The van der Waals surface area contributed by atoms with Crippen LogP contribution in [0.5, 0.6) is 0 Å². The fourth-order valence-electron chi connectivity index (χ4n) is 1.55. The van der Waals surface area contributed by atoms with Crippen molar-refractivity contribution in [2.24, 2.45) is 11.5 Å². The molecule has 6 heteroatoms. The molecule has 0 spiro atoms. The number of alkyl halides is 1. The van der Waals surface area contributed by atoms with Crippen LogP contribution in [-0.4, -0.2) is 31.5 Å². The fourth-order valence-corrected chi connectivity index (χ4v) is 2.18. The molecule has 1 rings (SSSR count). The van der Waals surface area contributed by atoms with E-state index < -0.39 is 18.8 Å². The SMILES string of the molecule is CO[C@H](c1ccc(SCC(N)=O)cc1)[C@H](N)CF. The third-order valence-corrected chi connectivity index (χ3v) is 3.45. The Hall–Kier alpha value is -1.11. The van der Waals surface area contributed by atoms with Crippen LogP contribution in [0.4, 0.5) is 4.39 Å². The maximum Gasteiger partial charge on any atom is 0.227 e. The van der Waals surface area contributed by atoms with Crippen LogP contribution in [0.25, 0.3) is 0 Å². The summed E-state index contributed by atoms with van der Waals surface area (Å²) in [6.45, 7) is -0.642. The molecule has 0 saturated carbocycles. The van der Waals surface area contributed by atoms with Crippen molar-refractivity contribution in [3.63, 3.8) is 0 Å². The van der Waals surface area contributed by atoms with E-state index in [1.54, 1.807) is 0 Å². The Morgan fingerprint density at radius 3 is 2.50 bits per heavy atom. The Balaban J connectivity index is 2.71. The first-order valence-corrected chi connectivity index (χ1v) is 6.42. The largest absolute Gasteiger partial charge is 0.375 e. The van der Waals surface area contributed by atoms with Gasteiger partial charge in [-0.15, -0.1) is 11.8 Å². The molecule has 1 amide bonds. The predicted molar refractivity (Wildman–Crippen MR) is 70.1 cm³/mol. The van der Waals surface area contributed by atoms with Crippen LogP contribution >= 0.6 is 11.8 Å². The van der Waals surface area contributed by atoms with Crippen LogP contribution in [0.3, 0.4) is 0 Å². The molecular formula is C12H17FN2O2S. The van der Waals surface area contributed by atoms with Crippen molar-refractivity contribution in [1.82, 2.24) is 0 Å². The second kappa shape index (κ2) is 7.35. The van der Waals surface area contributed by atoms with Crippen LogP contribution in [-0.2, 0) is 9.53 Å². The van der Waals surface area contributed by atoms with Gasteiger partial charge in [0, 0.05) is 12.0 Å². The molecule has 0 aliphatic heterocycles. The average Bonchev–Trinajstić information content (AvgIpc) is 2.38. The van der Waals surface area contributed by atoms with Crippen molar-refractivity contribution < 1.29 is 13.9 Å². The van der Waals surface area contributed by atoms with E-state index in [1.165, 1.54) is 18.9 Å². The Morgan fingerprint density at radius 2 is 2.06 bits per heavy atom. The number of methoxy groups -OCH3 is 1. The molecule has 4 N–H and O–H groups in total. The van der Waals surface area contributed by atoms with Gasteiger partial charge in [-0.05, 0) is 17.7 Å². The third kappa shape index (κ3) is 4.29. The van der Waals surface area contributed by atoms with Crippen LogP contribution in [0, 0.1) is 0 Å². The summed E-state index contributed by atoms with van der Waals surface area (Å²) in [6.07, 6.45) is -0.467. The van der Waals surface area contributed by atoms with Gasteiger partial charge in [-0.2, -0.15) is 0 Å². The maximum absolute atomic E-state index is 12.5. The summed E-state index contributed by atoms with van der Waals surface area (Å²) >= 11 is 1.35. The molecule has 0 unspecified atom stereocenters. The van der Waals surface area contributed by atoms with E-state index >= 15 is 0 Å². The summed E-state index contributed by atoms with van der Waals surface area (Å²) in [5.41, 5.74) is 11.5. The van der Waals surface area contributed by atoms with E-state index in [-0.39, 0.29) is 11.7 Å². The minimum absolute atomic E-state index is 0.233. The average molecular weight is 272 g/mol. The molecular weight excluding hydrogens is 255 g/mol. The molecule has 0 fully saturated rings. The van der Waals surface area contributed by atoms with E-state index in [9.17, 15) is 9.18 Å². The number of primary amides is 1. The highest BCUT2D eigenvalue weighted by Crippen LogP contribution is 2.24. The van der Waals surface area contributed by atoms with Gasteiger partial charge in [-0.3, -0.25) is 4.79 Å². The number of hydrogen-bond acceptors (Lipinski definition) is 4. The smallest absolute Gasteiger partial charge is 0.227 e. The van der Waals surface area contributed by atoms with Crippen LogP contribution in [0.1, 0.15) is 11.7 Å². The zero-order chi connectivity index (χ0) is 13.5. The number of hydrogen-bond donors (Lipinski definition) is 2. The normalized spacial score (nSPS) is 14.2. The van der Waals surface area contributed by atoms with Crippen molar-refractivity contribution in [3.05, 3.63) is 29.8 Å². The molecule has 0 bridgehead atoms. The molecule has 0 aliphatic rings. The monoisotopic (exact) mass is 272 g/mol. The van der Waals surface area contributed by atoms with Gasteiger partial charge in [0.2, 0.25) is 5.91 Å². The first-order valence-electron chi connectivity index (χ1n) is 5.44. The number of halogens is 1. The zero-order valence-corrected chi connectivity index (χ0v) is 11.0. The molecule has 4 nitrogen and oxygen atoms in total. The number of rotatable bonds is 7. The molecule has 100 valence electrons. The first-order chi connectivity index (χ1) is 8.58. The molecule has 0 aromatic heterocycles. The number of benzene rings is 1. The third-order valence-electron chi connectivity index (χ3n) is 2.41. The van der Waals surface area contributed by atoms with Crippen molar-refractivity contribution >= 4 is 17.7 Å². The van der Waals surface area contributed by atoms with E-state index in [4.69, 9.17) is 16.2 Å². The van der Waals surface area contributed by atoms with Gasteiger partial charge in [0.15, 0.2) is 0 Å². The topological polar surface area (TPSA) is 78.3 Å². The van der Waals surface area contributed by atoms with Crippen LogP contribution in [0.15, 0.2) is 29.2 Å². The Kier molecular flexibility index (Phi) is 6.11. The van der Waals surface area contributed by atoms with Gasteiger partial charge in [-0.1, -0.05) is 12.1 Å². The summed E-state index contributed by atoms with van der Waals surface area (Å²) in [7, 11) is 1.50. The minimum Gasteiger partial charge on any atom is -0.375 e. The summed E-state index contributed by atoms with van der Waals surface area (Å²) in [5.74, 6) is -0.130. The maximum atomic E-state index is 12.5. The molecule has 2 atom stereocenters. The van der Waals surface area contributed by atoms with Crippen molar-refractivity contribution in [1.29, 1.82) is 0 Å². The highest BCUT2D eigenvalue weighted by atomic mass is 32.2. The van der Waals surface area contributed by atoms with Gasteiger partial charge in [0.25, 0.3) is 0 Å². The summed E-state index contributed by atoms with van der Waals surface area (Å²) in [6, 6.07) is 6.61. The second-order valence-corrected chi connectivity index (χ2v) is 4.85. The Morgan fingerprint density at radius 1 is 1.44 bits per heavy atom. The van der Waals surface area contributed by atoms with Gasteiger partial charge < -0.3 is 16.2 Å². The molecule has 18 heavy (non-hydrogen) atoms. The van der Waals surface area contributed by atoms with Crippen molar-refractivity contribution in [2.45, 2.75) is 17.0 Å². The van der Waals surface area contributed by atoms with Crippen molar-refractivity contribution in [3.8, 4) is 0 Å². The highest BCUT2D eigenvalue weighted by Gasteiger charge is 2.19. The standard InChI is InChI=1S/C12H17FN2O2S/c1-17-12(10(14)6-13)8-2-4-9(5-3-8)18-7-11(15)16/h2-5,10,12H,6-7,14H2,1H3,(H2,15,16)/t10-,12-/m1/s1.